The molecule has 106 valence electrons. The average Bonchev–Trinajstić information content (AvgIpc) is 2.97. The van der Waals surface area contributed by atoms with E-state index in [4.69, 9.17) is 0 Å². The number of aliphatic hydroxyl groups excluding tert-OH is 1. The summed E-state index contributed by atoms with van der Waals surface area (Å²) in [4.78, 5) is 4.61. The SMILES string of the molecule is OC(Cc1nc(-c2ccccc2)cs1)c1ccc(Br)cc1. The number of hydrogen-bond donors (Lipinski definition) is 1. The van der Waals surface area contributed by atoms with Crippen LogP contribution in [0.25, 0.3) is 11.3 Å². The summed E-state index contributed by atoms with van der Waals surface area (Å²) in [6.45, 7) is 0. The van der Waals surface area contributed by atoms with E-state index in [1.165, 1.54) is 0 Å². The fourth-order valence-electron chi connectivity index (χ4n) is 2.11. The summed E-state index contributed by atoms with van der Waals surface area (Å²) in [6, 6.07) is 17.8. The highest BCUT2D eigenvalue weighted by Gasteiger charge is 2.12. The highest BCUT2D eigenvalue weighted by molar-refractivity contribution is 9.10. The molecule has 2 nitrogen and oxygen atoms in total. The lowest BCUT2D eigenvalue weighted by Gasteiger charge is -2.09. The van der Waals surface area contributed by atoms with Gasteiger partial charge in [-0.25, -0.2) is 4.98 Å². The number of benzene rings is 2. The minimum atomic E-state index is -0.520. The summed E-state index contributed by atoms with van der Waals surface area (Å²) in [5.41, 5.74) is 2.99. The molecule has 1 N–H and O–H groups in total. The molecule has 1 aromatic heterocycles. The van der Waals surface area contributed by atoms with Crippen LogP contribution in [0.2, 0.25) is 0 Å². The smallest absolute Gasteiger partial charge is 0.0961 e. The summed E-state index contributed by atoms with van der Waals surface area (Å²) in [7, 11) is 0. The fourth-order valence-corrected chi connectivity index (χ4v) is 3.22. The molecule has 0 aliphatic rings. The van der Waals surface area contributed by atoms with E-state index in [1.807, 2.05) is 60.0 Å². The van der Waals surface area contributed by atoms with Gasteiger partial charge in [0.15, 0.2) is 0 Å². The maximum absolute atomic E-state index is 10.3. The number of rotatable bonds is 4. The third-order valence-corrected chi connectivity index (χ3v) is 4.64. The minimum Gasteiger partial charge on any atom is -0.388 e. The van der Waals surface area contributed by atoms with Gasteiger partial charge in [0.25, 0.3) is 0 Å². The first-order chi connectivity index (χ1) is 10.2. The second-order valence-electron chi connectivity index (χ2n) is 4.76. The number of aromatic nitrogens is 1. The first-order valence-corrected chi connectivity index (χ1v) is 8.33. The van der Waals surface area contributed by atoms with Crippen LogP contribution in [0.3, 0.4) is 0 Å². The molecule has 0 spiro atoms. The minimum absolute atomic E-state index is 0.520. The summed E-state index contributed by atoms with van der Waals surface area (Å²) in [5, 5.41) is 13.3. The Hall–Kier alpha value is -1.49. The van der Waals surface area contributed by atoms with E-state index in [2.05, 4.69) is 20.9 Å². The van der Waals surface area contributed by atoms with Gasteiger partial charge in [-0.15, -0.1) is 11.3 Å². The Labute approximate surface area is 136 Å². The van der Waals surface area contributed by atoms with Gasteiger partial charge < -0.3 is 5.11 Å². The number of thiazole rings is 1. The highest BCUT2D eigenvalue weighted by Crippen LogP contribution is 2.26. The molecule has 2 aromatic carbocycles. The molecule has 0 aliphatic carbocycles. The Balaban J connectivity index is 1.74. The monoisotopic (exact) mass is 359 g/mol. The molecule has 0 saturated carbocycles. The average molecular weight is 360 g/mol. The summed E-state index contributed by atoms with van der Waals surface area (Å²) >= 11 is 4.99. The summed E-state index contributed by atoms with van der Waals surface area (Å²) in [5.74, 6) is 0. The molecule has 0 fully saturated rings. The predicted octanol–water partition coefficient (Wildman–Crippen LogP) is 4.85. The lowest BCUT2D eigenvalue weighted by atomic mass is 10.1. The maximum atomic E-state index is 10.3. The van der Waals surface area contributed by atoms with Crippen molar-refractivity contribution in [2.24, 2.45) is 0 Å². The Bertz CT molecular complexity index is 709. The van der Waals surface area contributed by atoms with Gasteiger partial charge in [0, 0.05) is 21.8 Å². The van der Waals surface area contributed by atoms with E-state index in [9.17, 15) is 5.11 Å². The van der Waals surface area contributed by atoms with Crippen LogP contribution in [-0.4, -0.2) is 10.1 Å². The van der Waals surface area contributed by atoms with Gasteiger partial charge in [-0.05, 0) is 17.7 Å². The second-order valence-corrected chi connectivity index (χ2v) is 6.62. The summed E-state index contributed by atoms with van der Waals surface area (Å²) in [6.07, 6.45) is 0.0203. The van der Waals surface area contributed by atoms with E-state index in [0.29, 0.717) is 6.42 Å². The van der Waals surface area contributed by atoms with Crippen molar-refractivity contribution in [2.45, 2.75) is 12.5 Å². The van der Waals surface area contributed by atoms with Crippen LogP contribution in [0, 0.1) is 0 Å². The lowest BCUT2D eigenvalue weighted by molar-refractivity contribution is 0.178. The molecule has 1 unspecified atom stereocenters. The van der Waals surface area contributed by atoms with Crippen LogP contribution in [-0.2, 0) is 6.42 Å². The van der Waals surface area contributed by atoms with Crippen LogP contribution in [0.4, 0.5) is 0 Å². The molecule has 0 radical (unpaired) electrons. The van der Waals surface area contributed by atoms with E-state index in [1.54, 1.807) is 11.3 Å². The lowest BCUT2D eigenvalue weighted by Crippen LogP contribution is -2.01. The van der Waals surface area contributed by atoms with E-state index >= 15 is 0 Å². The molecular formula is C17H14BrNOS. The van der Waals surface area contributed by atoms with Crippen molar-refractivity contribution in [2.75, 3.05) is 0 Å². The van der Waals surface area contributed by atoms with Gasteiger partial charge in [0.2, 0.25) is 0 Å². The normalized spacial score (nSPS) is 12.3. The van der Waals surface area contributed by atoms with Crippen molar-refractivity contribution in [1.29, 1.82) is 0 Å². The first kappa shape index (κ1) is 14.4. The summed E-state index contributed by atoms with van der Waals surface area (Å²) < 4.78 is 1.01. The molecular weight excluding hydrogens is 346 g/mol. The molecule has 3 rings (SSSR count). The number of nitrogens with zero attached hydrogens (tertiary/aromatic N) is 1. The molecule has 0 bridgehead atoms. The van der Waals surface area contributed by atoms with Crippen LogP contribution in [0.15, 0.2) is 64.5 Å². The maximum Gasteiger partial charge on any atom is 0.0961 e. The molecule has 0 amide bonds. The van der Waals surface area contributed by atoms with Gasteiger partial charge in [-0.1, -0.05) is 58.4 Å². The van der Waals surface area contributed by atoms with Crippen molar-refractivity contribution in [3.05, 3.63) is 75.0 Å². The zero-order valence-corrected chi connectivity index (χ0v) is 13.6. The van der Waals surface area contributed by atoms with Crippen LogP contribution < -0.4 is 0 Å². The molecule has 3 aromatic rings. The predicted molar refractivity (Wildman–Crippen MR) is 90.4 cm³/mol. The molecule has 4 heteroatoms. The van der Waals surface area contributed by atoms with Crippen molar-refractivity contribution in [3.63, 3.8) is 0 Å². The van der Waals surface area contributed by atoms with Gasteiger partial charge in [0.05, 0.1) is 16.8 Å². The van der Waals surface area contributed by atoms with Gasteiger partial charge in [0.1, 0.15) is 0 Å². The largest absolute Gasteiger partial charge is 0.388 e. The number of aliphatic hydroxyl groups is 1. The van der Waals surface area contributed by atoms with Gasteiger partial charge in [-0.3, -0.25) is 0 Å². The fraction of sp³-hybridized carbons (Fsp3) is 0.118. The van der Waals surface area contributed by atoms with Crippen LogP contribution in [0.1, 0.15) is 16.7 Å². The zero-order chi connectivity index (χ0) is 14.7. The van der Waals surface area contributed by atoms with Gasteiger partial charge in [-0.2, -0.15) is 0 Å². The quantitative estimate of drug-likeness (QED) is 0.722. The van der Waals surface area contributed by atoms with Crippen molar-refractivity contribution in [1.82, 2.24) is 4.98 Å². The molecule has 0 aliphatic heterocycles. The molecule has 0 saturated heterocycles. The van der Waals surface area contributed by atoms with Crippen LogP contribution >= 0.6 is 27.3 Å². The standard InChI is InChI=1S/C17H14BrNOS/c18-14-8-6-13(7-9-14)16(20)10-17-19-15(11-21-17)12-4-2-1-3-5-12/h1-9,11,16,20H,10H2. The van der Waals surface area contributed by atoms with E-state index in [-0.39, 0.29) is 0 Å². The molecule has 1 heterocycles. The van der Waals surface area contributed by atoms with E-state index in [0.717, 1.165) is 26.3 Å². The molecule has 21 heavy (non-hydrogen) atoms. The van der Waals surface area contributed by atoms with E-state index < -0.39 is 6.10 Å². The van der Waals surface area contributed by atoms with Crippen molar-refractivity contribution in [3.8, 4) is 11.3 Å². The Morgan fingerprint density at radius 2 is 1.76 bits per heavy atom. The Kier molecular flexibility index (Phi) is 4.48. The topological polar surface area (TPSA) is 33.1 Å². The highest BCUT2D eigenvalue weighted by atomic mass is 79.9. The Morgan fingerprint density at radius 3 is 2.48 bits per heavy atom. The Morgan fingerprint density at radius 1 is 1.05 bits per heavy atom. The number of hydrogen-bond acceptors (Lipinski definition) is 3. The van der Waals surface area contributed by atoms with Gasteiger partial charge >= 0.3 is 0 Å². The second kappa shape index (κ2) is 6.52. The third-order valence-electron chi connectivity index (χ3n) is 3.24. The van der Waals surface area contributed by atoms with Crippen molar-refractivity contribution >= 4 is 27.3 Å². The molecule has 1 atom stereocenters. The zero-order valence-electron chi connectivity index (χ0n) is 11.2. The van der Waals surface area contributed by atoms with Crippen LogP contribution in [0.5, 0.6) is 0 Å². The third kappa shape index (κ3) is 3.59. The van der Waals surface area contributed by atoms with Crippen molar-refractivity contribution < 1.29 is 5.11 Å². The first-order valence-electron chi connectivity index (χ1n) is 6.66. The number of halogens is 1.